The van der Waals surface area contributed by atoms with Gasteiger partial charge in [0.2, 0.25) is 0 Å². The number of nitrogens with zero attached hydrogens (tertiary/aromatic N) is 3. The van der Waals surface area contributed by atoms with Crippen molar-refractivity contribution >= 4 is 11.5 Å². The Kier molecular flexibility index (Phi) is 4.00. The van der Waals surface area contributed by atoms with E-state index in [0.717, 1.165) is 22.7 Å². The first-order valence-electron chi connectivity index (χ1n) is 8.65. The van der Waals surface area contributed by atoms with Gasteiger partial charge in [-0.1, -0.05) is 31.4 Å². The summed E-state index contributed by atoms with van der Waals surface area (Å²) in [6.07, 6.45) is 8.21. The van der Waals surface area contributed by atoms with Crippen LogP contribution < -0.4 is 5.32 Å². The first-order valence-corrected chi connectivity index (χ1v) is 8.65. The van der Waals surface area contributed by atoms with E-state index in [1.807, 2.05) is 36.5 Å². The molecule has 0 saturated heterocycles. The van der Waals surface area contributed by atoms with Gasteiger partial charge in [-0.3, -0.25) is 4.99 Å². The second kappa shape index (κ2) is 6.45. The van der Waals surface area contributed by atoms with E-state index < -0.39 is 0 Å². The standard InChI is InChI=1S/C20H20N4/c21-12-14-5-4-6-15(11-14)19-18-16(13-23-19)9-10-22-20(18)24-17-7-2-1-3-8-17/h4-6,9-11,17H,1-3,7-8,13H2,(H,22,24). The summed E-state index contributed by atoms with van der Waals surface area (Å²) in [6.45, 7) is 0.684. The van der Waals surface area contributed by atoms with Crippen molar-refractivity contribution in [3.63, 3.8) is 0 Å². The molecule has 1 fully saturated rings. The van der Waals surface area contributed by atoms with Gasteiger partial charge in [-0.05, 0) is 36.6 Å². The molecule has 4 nitrogen and oxygen atoms in total. The number of pyridine rings is 1. The number of hydrogen-bond donors (Lipinski definition) is 1. The molecule has 4 heteroatoms. The maximum atomic E-state index is 9.16. The van der Waals surface area contributed by atoms with E-state index in [1.54, 1.807) is 0 Å². The number of benzene rings is 1. The van der Waals surface area contributed by atoms with Gasteiger partial charge < -0.3 is 5.32 Å². The highest BCUT2D eigenvalue weighted by Gasteiger charge is 2.24. The average molecular weight is 316 g/mol. The summed E-state index contributed by atoms with van der Waals surface area (Å²) in [5.74, 6) is 0.943. The molecule has 0 atom stereocenters. The highest BCUT2D eigenvalue weighted by Crippen LogP contribution is 2.30. The summed E-state index contributed by atoms with van der Waals surface area (Å²) in [5, 5.41) is 12.8. The highest BCUT2D eigenvalue weighted by molar-refractivity contribution is 6.17. The minimum atomic E-state index is 0.505. The average Bonchev–Trinajstić information content (AvgIpc) is 3.08. The van der Waals surface area contributed by atoms with E-state index in [-0.39, 0.29) is 0 Å². The molecule has 0 bridgehead atoms. The van der Waals surface area contributed by atoms with Gasteiger partial charge in [0.05, 0.1) is 23.9 Å². The molecule has 1 aromatic carbocycles. The lowest BCUT2D eigenvalue weighted by atomic mass is 9.94. The molecular weight excluding hydrogens is 296 g/mol. The monoisotopic (exact) mass is 316 g/mol. The molecular formula is C20H20N4. The van der Waals surface area contributed by atoms with E-state index in [9.17, 15) is 0 Å². The minimum Gasteiger partial charge on any atom is -0.367 e. The van der Waals surface area contributed by atoms with Crippen molar-refractivity contribution in [3.8, 4) is 6.07 Å². The van der Waals surface area contributed by atoms with Gasteiger partial charge in [-0.2, -0.15) is 5.26 Å². The summed E-state index contributed by atoms with van der Waals surface area (Å²) < 4.78 is 0. The molecule has 4 rings (SSSR count). The highest BCUT2D eigenvalue weighted by atomic mass is 15.0. The summed E-state index contributed by atoms with van der Waals surface area (Å²) in [7, 11) is 0. The van der Waals surface area contributed by atoms with Crippen LogP contribution in [0, 0.1) is 11.3 Å². The van der Waals surface area contributed by atoms with Crippen LogP contribution in [0.4, 0.5) is 5.82 Å². The lowest BCUT2D eigenvalue weighted by molar-refractivity contribution is 0.462. The van der Waals surface area contributed by atoms with Crippen LogP contribution in [-0.2, 0) is 6.54 Å². The van der Waals surface area contributed by atoms with E-state index in [4.69, 9.17) is 10.3 Å². The van der Waals surface area contributed by atoms with Crippen molar-refractivity contribution in [2.24, 2.45) is 4.99 Å². The van der Waals surface area contributed by atoms with Gasteiger partial charge in [0.25, 0.3) is 0 Å². The van der Waals surface area contributed by atoms with E-state index in [1.165, 1.54) is 37.7 Å². The second-order valence-electron chi connectivity index (χ2n) is 6.53. The summed E-state index contributed by atoms with van der Waals surface area (Å²) in [5.41, 5.74) is 4.93. The molecule has 0 amide bonds. The lowest BCUT2D eigenvalue weighted by Gasteiger charge is -2.24. The third kappa shape index (κ3) is 2.78. The fourth-order valence-corrected chi connectivity index (χ4v) is 3.66. The number of aliphatic imine (C=N–C) groups is 1. The van der Waals surface area contributed by atoms with Crippen molar-refractivity contribution in [2.75, 3.05) is 5.32 Å². The largest absolute Gasteiger partial charge is 0.367 e. The molecule has 1 N–H and O–H groups in total. The zero-order valence-corrected chi connectivity index (χ0v) is 13.6. The minimum absolute atomic E-state index is 0.505. The molecule has 1 aromatic heterocycles. The Labute approximate surface area is 142 Å². The number of anilines is 1. The second-order valence-corrected chi connectivity index (χ2v) is 6.53. The van der Waals surface area contributed by atoms with Gasteiger partial charge in [0.15, 0.2) is 0 Å². The molecule has 2 heterocycles. The molecule has 2 aliphatic rings. The van der Waals surface area contributed by atoms with Crippen molar-refractivity contribution < 1.29 is 0 Å². The predicted octanol–water partition coefficient (Wildman–Crippen LogP) is 4.05. The summed E-state index contributed by atoms with van der Waals surface area (Å²) in [6, 6.07) is 12.4. The Morgan fingerprint density at radius 1 is 1.12 bits per heavy atom. The number of nitrogens with one attached hydrogen (secondary N) is 1. The molecule has 1 aliphatic heterocycles. The van der Waals surface area contributed by atoms with Crippen LogP contribution in [0.5, 0.6) is 0 Å². The quantitative estimate of drug-likeness (QED) is 0.929. The Morgan fingerprint density at radius 3 is 2.83 bits per heavy atom. The number of fused-ring (bicyclic) bond motifs is 1. The van der Waals surface area contributed by atoms with Gasteiger partial charge in [0, 0.05) is 23.4 Å². The number of nitriles is 1. The van der Waals surface area contributed by atoms with Gasteiger partial charge in [-0.25, -0.2) is 4.98 Å². The summed E-state index contributed by atoms with van der Waals surface area (Å²) in [4.78, 5) is 9.34. The van der Waals surface area contributed by atoms with Crippen LogP contribution >= 0.6 is 0 Å². The third-order valence-electron chi connectivity index (χ3n) is 4.89. The Hall–Kier alpha value is -2.67. The molecule has 24 heavy (non-hydrogen) atoms. The zero-order valence-electron chi connectivity index (χ0n) is 13.6. The van der Waals surface area contributed by atoms with Crippen molar-refractivity contribution in [2.45, 2.75) is 44.7 Å². The molecule has 1 aliphatic carbocycles. The van der Waals surface area contributed by atoms with E-state index in [0.29, 0.717) is 18.2 Å². The van der Waals surface area contributed by atoms with Gasteiger partial charge >= 0.3 is 0 Å². The Balaban J connectivity index is 1.69. The molecule has 0 radical (unpaired) electrons. The third-order valence-corrected chi connectivity index (χ3v) is 4.89. The van der Waals surface area contributed by atoms with Crippen molar-refractivity contribution in [1.29, 1.82) is 5.26 Å². The molecule has 0 unspecified atom stereocenters. The van der Waals surface area contributed by atoms with Crippen LogP contribution in [-0.4, -0.2) is 16.7 Å². The molecule has 2 aromatic rings. The van der Waals surface area contributed by atoms with Crippen LogP contribution in [0.1, 0.15) is 54.4 Å². The van der Waals surface area contributed by atoms with E-state index >= 15 is 0 Å². The van der Waals surface area contributed by atoms with Crippen LogP contribution in [0.2, 0.25) is 0 Å². The first kappa shape index (κ1) is 14.9. The SMILES string of the molecule is N#Cc1cccc(C2=NCc3ccnc(NC4CCCCC4)c32)c1. The smallest absolute Gasteiger partial charge is 0.135 e. The number of rotatable bonds is 3. The number of hydrogen-bond acceptors (Lipinski definition) is 4. The Morgan fingerprint density at radius 2 is 2.00 bits per heavy atom. The Bertz CT molecular complexity index is 826. The van der Waals surface area contributed by atoms with Crippen LogP contribution in [0.15, 0.2) is 41.5 Å². The van der Waals surface area contributed by atoms with Crippen molar-refractivity contribution in [1.82, 2.24) is 4.98 Å². The number of aromatic nitrogens is 1. The van der Waals surface area contributed by atoms with E-state index in [2.05, 4.69) is 16.4 Å². The normalized spacial score (nSPS) is 17.0. The lowest BCUT2D eigenvalue weighted by Crippen LogP contribution is -2.24. The zero-order chi connectivity index (χ0) is 16.4. The fourth-order valence-electron chi connectivity index (χ4n) is 3.66. The molecule has 0 spiro atoms. The van der Waals surface area contributed by atoms with Crippen molar-refractivity contribution in [3.05, 3.63) is 58.8 Å². The van der Waals surface area contributed by atoms with Crippen LogP contribution in [0.25, 0.3) is 0 Å². The first-order chi connectivity index (χ1) is 11.8. The topological polar surface area (TPSA) is 61.1 Å². The summed E-state index contributed by atoms with van der Waals surface area (Å²) >= 11 is 0. The fraction of sp³-hybridized carbons (Fsp3) is 0.350. The maximum Gasteiger partial charge on any atom is 0.135 e. The molecule has 1 saturated carbocycles. The van der Waals surface area contributed by atoms with Crippen LogP contribution in [0.3, 0.4) is 0 Å². The van der Waals surface area contributed by atoms with Gasteiger partial charge in [-0.15, -0.1) is 0 Å². The molecule has 120 valence electrons. The maximum absolute atomic E-state index is 9.16. The van der Waals surface area contributed by atoms with Gasteiger partial charge in [0.1, 0.15) is 5.82 Å². The predicted molar refractivity (Wildman–Crippen MR) is 95.2 cm³/mol.